The van der Waals surface area contributed by atoms with E-state index < -0.39 is 0 Å². The number of nitrogens with two attached hydrogens (primary N) is 1. The fourth-order valence-corrected chi connectivity index (χ4v) is 3.62. The lowest BCUT2D eigenvalue weighted by atomic mass is 9.70. The Morgan fingerprint density at radius 3 is 2.78 bits per heavy atom. The Morgan fingerprint density at radius 2 is 2.11 bits per heavy atom. The van der Waals surface area contributed by atoms with Gasteiger partial charge in [-0.2, -0.15) is 0 Å². The summed E-state index contributed by atoms with van der Waals surface area (Å²) in [6.45, 7) is 4.66. The van der Waals surface area contributed by atoms with Crippen molar-refractivity contribution in [3.05, 3.63) is 34.3 Å². The van der Waals surface area contributed by atoms with Crippen LogP contribution in [0.15, 0.2) is 28.7 Å². The van der Waals surface area contributed by atoms with Gasteiger partial charge in [-0.3, -0.25) is 0 Å². The fourth-order valence-electron chi connectivity index (χ4n) is 3.19. The largest absolute Gasteiger partial charge is 0.325 e. The van der Waals surface area contributed by atoms with E-state index in [-0.39, 0.29) is 5.54 Å². The highest BCUT2D eigenvalue weighted by molar-refractivity contribution is 9.10. The fraction of sp³-hybridized carbons (Fsp3) is 0.625. The summed E-state index contributed by atoms with van der Waals surface area (Å²) in [5, 5.41) is 0. The van der Waals surface area contributed by atoms with Crippen molar-refractivity contribution in [3.8, 4) is 0 Å². The maximum absolute atomic E-state index is 6.67. The Labute approximate surface area is 119 Å². The molecule has 1 aromatic carbocycles. The molecule has 1 aliphatic rings. The Bertz CT molecular complexity index is 402. The second kappa shape index (κ2) is 5.75. The molecule has 2 rings (SSSR count). The molecule has 0 aliphatic heterocycles. The monoisotopic (exact) mass is 309 g/mol. The first kappa shape index (κ1) is 14.1. The molecule has 0 heterocycles. The van der Waals surface area contributed by atoms with E-state index in [4.69, 9.17) is 5.73 Å². The molecular formula is C16H24BrN. The van der Waals surface area contributed by atoms with Crippen LogP contribution in [0.3, 0.4) is 0 Å². The molecule has 1 aromatic rings. The molecule has 1 saturated carbocycles. The van der Waals surface area contributed by atoms with Crippen molar-refractivity contribution in [2.24, 2.45) is 17.6 Å². The smallest absolute Gasteiger partial charge is 0.0207 e. The molecule has 0 saturated heterocycles. The SMILES string of the molecule is CC(C)C1CCCC(N)(Cc2ccccc2Br)C1. The summed E-state index contributed by atoms with van der Waals surface area (Å²) < 4.78 is 1.20. The van der Waals surface area contributed by atoms with E-state index in [0.717, 1.165) is 24.7 Å². The third kappa shape index (κ3) is 3.36. The van der Waals surface area contributed by atoms with Crippen LogP contribution < -0.4 is 5.73 Å². The van der Waals surface area contributed by atoms with Gasteiger partial charge >= 0.3 is 0 Å². The second-order valence-corrected chi connectivity index (χ2v) is 7.09. The minimum Gasteiger partial charge on any atom is -0.325 e. The normalized spacial score (nSPS) is 28.6. The van der Waals surface area contributed by atoms with E-state index in [9.17, 15) is 0 Å². The Balaban J connectivity index is 2.09. The summed E-state index contributed by atoms with van der Waals surface area (Å²) in [7, 11) is 0. The maximum Gasteiger partial charge on any atom is 0.0207 e. The molecule has 0 spiro atoms. The lowest BCUT2D eigenvalue weighted by molar-refractivity contribution is 0.182. The third-order valence-electron chi connectivity index (χ3n) is 4.36. The minimum atomic E-state index is -0.00292. The first-order valence-corrected chi connectivity index (χ1v) is 7.82. The molecule has 2 heteroatoms. The molecule has 2 N–H and O–H groups in total. The number of hydrogen-bond donors (Lipinski definition) is 1. The van der Waals surface area contributed by atoms with Crippen LogP contribution in [0.5, 0.6) is 0 Å². The number of hydrogen-bond acceptors (Lipinski definition) is 1. The van der Waals surface area contributed by atoms with Crippen LogP contribution in [0, 0.1) is 11.8 Å². The molecule has 0 amide bonds. The molecule has 2 unspecified atom stereocenters. The predicted molar refractivity (Wildman–Crippen MR) is 81.6 cm³/mol. The minimum absolute atomic E-state index is 0.00292. The van der Waals surface area contributed by atoms with Crippen LogP contribution in [0.1, 0.15) is 45.1 Å². The van der Waals surface area contributed by atoms with Gasteiger partial charge in [0.05, 0.1) is 0 Å². The van der Waals surface area contributed by atoms with E-state index >= 15 is 0 Å². The topological polar surface area (TPSA) is 26.0 Å². The zero-order valence-corrected chi connectivity index (χ0v) is 13.0. The van der Waals surface area contributed by atoms with Crippen molar-refractivity contribution in [1.82, 2.24) is 0 Å². The molecule has 1 fully saturated rings. The summed E-state index contributed by atoms with van der Waals surface area (Å²) >= 11 is 3.64. The predicted octanol–water partition coefficient (Wildman–Crippen LogP) is 4.54. The molecule has 0 bridgehead atoms. The molecule has 1 nitrogen and oxygen atoms in total. The van der Waals surface area contributed by atoms with Crippen molar-refractivity contribution in [3.63, 3.8) is 0 Å². The van der Waals surface area contributed by atoms with E-state index in [1.807, 2.05) is 0 Å². The summed E-state index contributed by atoms with van der Waals surface area (Å²) in [6.07, 6.45) is 5.97. The lowest BCUT2D eigenvalue weighted by Gasteiger charge is -2.40. The van der Waals surface area contributed by atoms with Gasteiger partial charge in [0.25, 0.3) is 0 Å². The molecule has 1 aliphatic carbocycles. The van der Waals surface area contributed by atoms with E-state index in [1.165, 1.54) is 29.3 Å². The van der Waals surface area contributed by atoms with Crippen molar-refractivity contribution in [1.29, 1.82) is 0 Å². The zero-order valence-electron chi connectivity index (χ0n) is 11.5. The standard InChI is InChI=1S/C16H24BrN/c1-12(2)13-7-5-9-16(18,10-13)11-14-6-3-4-8-15(14)17/h3-4,6,8,12-13H,5,7,9-11,18H2,1-2H3. The highest BCUT2D eigenvalue weighted by Crippen LogP contribution is 2.37. The first-order valence-electron chi connectivity index (χ1n) is 7.02. The highest BCUT2D eigenvalue weighted by atomic mass is 79.9. The Hall–Kier alpha value is -0.340. The summed E-state index contributed by atoms with van der Waals surface area (Å²) in [5.41, 5.74) is 8.02. The van der Waals surface area contributed by atoms with Gasteiger partial charge in [-0.25, -0.2) is 0 Å². The molecular weight excluding hydrogens is 286 g/mol. The summed E-state index contributed by atoms with van der Waals surface area (Å²) in [5.74, 6) is 1.55. The van der Waals surface area contributed by atoms with Gasteiger partial charge in [0.2, 0.25) is 0 Å². The molecule has 0 radical (unpaired) electrons. The number of rotatable bonds is 3. The first-order chi connectivity index (χ1) is 8.50. The zero-order chi connectivity index (χ0) is 13.2. The van der Waals surface area contributed by atoms with Gasteiger partial charge in [-0.05, 0) is 42.7 Å². The molecule has 0 aromatic heterocycles. The van der Waals surface area contributed by atoms with Crippen molar-refractivity contribution in [2.75, 3.05) is 0 Å². The van der Waals surface area contributed by atoms with Crippen molar-refractivity contribution < 1.29 is 0 Å². The van der Waals surface area contributed by atoms with Crippen LogP contribution >= 0.6 is 15.9 Å². The van der Waals surface area contributed by atoms with Crippen LogP contribution in [0.25, 0.3) is 0 Å². The van der Waals surface area contributed by atoms with Gasteiger partial charge in [0.15, 0.2) is 0 Å². The Kier molecular flexibility index (Phi) is 4.50. The van der Waals surface area contributed by atoms with Gasteiger partial charge in [-0.1, -0.05) is 60.8 Å². The van der Waals surface area contributed by atoms with E-state index in [1.54, 1.807) is 0 Å². The summed E-state index contributed by atoms with van der Waals surface area (Å²) in [6, 6.07) is 8.47. The van der Waals surface area contributed by atoms with Crippen LogP contribution in [0.4, 0.5) is 0 Å². The Morgan fingerprint density at radius 1 is 1.39 bits per heavy atom. The average molecular weight is 310 g/mol. The van der Waals surface area contributed by atoms with Crippen LogP contribution in [-0.4, -0.2) is 5.54 Å². The maximum atomic E-state index is 6.67. The molecule has 18 heavy (non-hydrogen) atoms. The second-order valence-electron chi connectivity index (χ2n) is 6.23. The molecule has 2 atom stereocenters. The average Bonchev–Trinajstić information content (AvgIpc) is 2.32. The van der Waals surface area contributed by atoms with Gasteiger partial charge < -0.3 is 5.73 Å². The summed E-state index contributed by atoms with van der Waals surface area (Å²) in [4.78, 5) is 0. The molecule has 100 valence electrons. The van der Waals surface area contributed by atoms with Crippen molar-refractivity contribution >= 4 is 15.9 Å². The van der Waals surface area contributed by atoms with Crippen LogP contribution in [0.2, 0.25) is 0 Å². The van der Waals surface area contributed by atoms with Crippen molar-refractivity contribution in [2.45, 2.75) is 51.5 Å². The van der Waals surface area contributed by atoms with E-state index in [0.29, 0.717) is 0 Å². The van der Waals surface area contributed by atoms with E-state index in [2.05, 4.69) is 54.0 Å². The van der Waals surface area contributed by atoms with Gasteiger partial charge in [-0.15, -0.1) is 0 Å². The number of benzene rings is 1. The van der Waals surface area contributed by atoms with Crippen LogP contribution in [-0.2, 0) is 6.42 Å². The number of halogens is 1. The quantitative estimate of drug-likeness (QED) is 0.872. The highest BCUT2D eigenvalue weighted by Gasteiger charge is 2.34. The van der Waals surface area contributed by atoms with Gasteiger partial charge in [0.1, 0.15) is 0 Å². The lowest BCUT2D eigenvalue weighted by Crippen LogP contribution is -2.47. The third-order valence-corrected chi connectivity index (χ3v) is 5.14. The van der Waals surface area contributed by atoms with Gasteiger partial charge in [0, 0.05) is 10.0 Å².